The van der Waals surface area contributed by atoms with Crippen LogP contribution in [0.1, 0.15) is 35.3 Å². The van der Waals surface area contributed by atoms with Gasteiger partial charge in [0.25, 0.3) is 17.5 Å². The van der Waals surface area contributed by atoms with Crippen molar-refractivity contribution in [1.82, 2.24) is 4.90 Å². The summed E-state index contributed by atoms with van der Waals surface area (Å²) in [4.78, 5) is 49.8. The van der Waals surface area contributed by atoms with Crippen LogP contribution in [0.3, 0.4) is 0 Å². The van der Waals surface area contributed by atoms with E-state index in [0.717, 1.165) is 6.07 Å². The number of nitrogens with zero attached hydrogens (tertiary/aromatic N) is 2. The van der Waals surface area contributed by atoms with Crippen molar-refractivity contribution in [3.8, 4) is 0 Å². The number of anilines is 1. The van der Waals surface area contributed by atoms with Crippen molar-refractivity contribution < 1.29 is 24.0 Å². The lowest BCUT2D eigenvalue weighted by atomic mass is 10.0. The van der Waals surface area contributed by atoms with E-state index in [-0.39, 0.29) is 36.5 Å². The number of nitro groups is 1. The van der Waals surface area contributed by atoms with Crippen LogP contribution in [0.5, 0.6) is 0 Å². The third-order valence-electron chi connectivity index (χ3n) is 4.50. The second-order valence-corrected chi connectivity index (χ2v) is 6.34. The molecule has 0 radical (unpaired) electrons. The zero-order valence-electron chi connectivity index (χ0n) is 15.7. The fourth-order valence-corrected chi connectivity index (χ4v) is 3.19. The largest absolute Gasteiger partial charge is 0.466 e. The van der Waals surface area contributed by atoms with Crippen molar-refractivity contribution in [2.75, 3.05) is 18.5 Å². The number of benzene rings is 2. The maximum atomic E-state index is 13.3. The number of non-ortho nitro benzene ring substituents is 1. The summed E-state index contributed by atoms with van der Waals surface area (Å²) >= 11 is 0. The Morgan fingerprint density at radius 1 is 1.21 bits per heavy atom. The Balaban J connectivity index is 2.04. The summed E-state index contributed by atoms with van der Waals surface area (Å²) < 4.78 is 4.92. The zero-order valence-corrected chi connectivity index (χ0v) is 15.7. The molecule has 9 heteroatoms. The molecular formula is C20H19N3O6. The highest BCUT2D eigenvalue weighted by molar-refractivity contribution is 6.10. The average Bonchev–Trinajstić information content (AvgIpc) is 2.81. The molecule has 1 atom stereocenters. The number of ether oxygens (including phenoxy) is 1. The molecule has 1 N–H and O–H groups in total. The van der Waals surface area contributed by atoms with Crippen LogP contribution in [-0.2, 0) is 14.3 Å². The number of nitrogens with one attached hydrogen (secondary N) is 1. The molecular weight excluding hydrogens is 378 g/mol. The fourth-order valence-electron chi connectivity index (χ4n) is 3.19. The summed E-state index contributed by atoms with van der Waals surface area (Å²) in [5, 5.41) is 13.8. The summed E-state index contributed by atoms with van der Waals surface area (Å²) in [6, 6.07) is 11.3. The van der Waals surface area contributed by atoms with Crippen molar-refractivity contribution in [2.24, 2.45) is 0 Å². The van der Waals surface area contributed by atoms with Gasteiger partial charge in [0.05, 0.1) is 29.2 Å². The highest BCUT2D eigenvalue weighted by Crippen LogP contribution is 2.33. The van der Waals surface area contributed by atoms with Gasteiger partial charge in [0.2, 0.25) is 0 Å². The molecule has 1 aliphatic heterocycles. The van der Waals surface area contributed by atoms with E-state index in [1.807, 2.05) is 0 Å². The molecule has 150 valence electrons. The monoisotopic (exact) mass is 397 g/mol. The molecule has 0 unspecified atom stereocenters. The van der Waals surface area contributed by atoms with Crippen LogP contribution < -0.4 is 5.32 Å². The predicted molar refractivity (Wildman–Crippen MR) is 103 cm³/mol. The number of nitro benzene ring substituents is 1. The Morgan fingerprint density at radius 2 is 1.93 bits per heavy atom. The Kier molecular flexibility index (Phi) is 5.87. The second-order valence-electron chi connectivity index (χ2n) is 6.34. The summed E-state index contributed by atoms with van der Waals surface area (Å²) in [5.41, 5.74) is 0.472. The third kappa shape index (κ3) is 4.23. The number of esters is 1. The van der Waals surface area contributed by atoms with Crippen LogP contribution in [0.15, 0.2) is 48.5 Å². The Hall–Kier alpha value is -3.75. The summed E-state index contributed by atoms with van der Waals surface area (Å²) in [5.74, 6) is -1.56. The molecule has 0 aromatic heterocycles. The molecule has 0 saturated carbocycles. The van der Waals surface area contributed by atoms with Gasteiger partial charge in [-0.2, -0.15) is 0 Å². The van der Waals surface area contributed by atoms with Crippen molar-refractivity contribution in [2.45, 2.75) is 19.4 Å². The lowest BCUT2D eigenvalue weighted by Crippen LogP contribution is -2.40. The maximum absolute atomic E-state index is 13.3. The molecule has 2 amide bonds. The van der Waals surface area contributed by atoms with E-state index >= 15 is 0 Å². The maximum Gasteiger partial charge on any atom is 0.307 e. The first kappa shape index (κ1) is 20.0. The Morgan fingerprint density at radius 3 is 2.59 bits per heavy atom. The first-order valence-corrected chi connectivity index (χ1v) is 9.03. The standard InChI is InChI=1S/C20H19N3O6/c1-2-29-17(24)10-11-22-18(13-6-4-3-5-7-13)19(25)21-16-9-8-14(23(27)28)12-15(16)20(22)26/h3-9,12,18H,2,10-11H2,1H3,(H,21,25)/t18-/m1/s1. The molecule has 29 heavy (non-hydrogen) atoms. The number of fused-ring (bicyclic) bond motifs is 1. The molecule has 0 saturated heterocycles. The Bertz CT molecular complexity index is 960. The second kappa shape index (κ2) is 8.51. The molecule has 0 bridgehead atoms. The lowest BCUT2D eigenvalue weighted by Gasteiger charge is -2.28. The summed E-state index contributed by atoms with van der Waals surface area (Å²) in [7, 11) is 0. The highest BCUT2D eigenvalue weighted by Gasteiger charge is 2.37. The van der Waals surface area contributed by atoms with E-state index in [1.54, 1.807) is 37.3 Å². The number of hydrogen-bond acceptors (Lipinski definition) is 6. The molecule has 1 aliphatic rings. The van der Waals surface area contributed by atoms with Crippen molar-refractivity contribution in [1.29, 1.82) is 0 Å². The summed E-state index contributed by atoms with van der Waals surface area (Å²) in [6.45, 7) is 1.79. The van der Waals surface area contributed by atoms with Crippen LogP contribution in [0.25, 0.3) is 0 Å². The van der Waals surface area contributed by atoms with Crippen LogP contribution >= 0.6 is 0 Å². The zero-order chi connectivity index (χ0) is 21.0. The normalized spacial score (nSPS) is 15.9. The first-order valence-electron chi connectivity index (χ1n) is 9.03. The van der Waals surface area contributed by atoms with Gasteiger partial charge in [-0.25, -0.2) is 0 Å². The van der Waals surface area contributed by atoms with Crippen LogP contribution in [0.4, 0.5) is 11.4 Å². The van der Waals surface area contributed by atoms with Crippen molar-refractivity contribution in [3.63, 3.8) is 0 Å². The Labute approximate surface area is 166 Å². The van der Waals surface area contributed by atoms with Gasteiger partial charge in [0.15, 0.2) is 0 Å². The smallest absolute Gasteiger partial charge is 0.307 e. The van der Waals surface area contributed by atoms with E-state index in [0.29, 0.717) is 5.56 Å². The van der Waals surface area contributed by atoms with Gasteiger partial charge in [-0.1, -0.05) is 30.3 Å². The topological polar surface area (TPSA) is 119 Å². The van der Waals surface area contributed by atoms with Gasteiger partial charge in [0.1, 0.15) is 6.04 Å². The number of carbonyl (C=O) groups is 3. The van der Waals surface area contributed by atoms with Gasteiger partial charge in [-0.3, -0.25) is 24.5 Å². The first-order chi connectivity index (χ1) is 13.9. The van der Waals surface area contributed by atoms with E-state index < -0.39 is 28.7 Å². The van der Waals surface area contributed by atoms with Crippen LogP contribution in [0, 0.1) is 10.1 Å². The molecule has 3 rings (SSSR count). The fraction of sp³-hybridized carbons (Fsp3) is 0.250. The predicted octanol–water partition coefficient (Wildman–Crippen LogP) is 2.68. The highest BCUT2D eigenvalue weighted by atomic mass is 16.6. The average molecular weight is 397 g/mol. The summed E-state index contributed by atoms with van der Waals surface area (Å²) in [6.07, 6.45) is -0.111. The van der Waals surface area contributed by atoms with Gasteiger partial charge >= 0.3 is 5.97 Å². The number of hydrogen-bond donors (Lipinski definition) is 1. The van der Waals surface area contributed by atoms with Gasteiger partial charge in [-0.15, -0.1) is 0 Å². The van der Waals surface area contributed by atoms with Gasteiger partial charge in [0, 0.05) is 18.7 Å². The molecule has 0 aliphatic carbocycles. The van der Waals surface area contributed by atoms with E-state index in [1.165, 1.54) is 17.0 Å². The SMILES string of the molecule is CCOC(=O)CCN1C(=O)c2cc([N+](=O)[O-])ccc2NC(=O)[C@H]1c1ccccc1. The molecule has 9 nitrogen and oxygen atoms in total. The van der Waals surface area contributed by atoms with Gasteiger partial charge < -0.3 is 15.0 Å². The van der Waals surface area contributed by atoms with Crippen molar-refractivity contribution >= 4 is 29.2 Å². The van der Waals surface area contributed by atoms with E-state index in [9.17, 15) is 24.5 Å². The van der Waals surface area contributed by atoms with Gasteiger partial charge in [-0.05, 0) is 18.6 Å². The lowest BCUT2D eigenvalue weighted by molar-refractivity contribution is -0.384. The number of carbonyl (C=O) groups excluding carboxylic acids is 3. The van der Waals surface area contributed by atoms with E-state index in [4.69, 9.17) is 4.74 Å². The minimum atomic E-state index is -0.996. The molecule has 2 aromatic rings. The third-order valence-corrected chi connectivity index (χ3v) is 4.50. The van der Waals surface area contributed by atoms with E-state index in [2.05, 4.69) is 5.32 Å². The minimum absolute atomic E-state index is 0.00478. The molecule has 0 fully saturated rings. The minimum Gasteiger partial charge on any atom is -0.466 e. The molecule has 0 spiro atoms. The van der Waals surface area contributed by atoms with Crippen LogP contribution in [0.2, 0.25) is 0 Å². The number of rotatable bonds is 6. The quantitative estimate of drug-likeness (QED) is 0.455. The molecule has 2 aromatic carbocycles. The number of amides is 2. The van der Waals surface area contributed by atoms with Crippen LogP contribution in [-0.4, -0.2) is 40.8 Å². The van der Waals surface area contributed by atoms with Crippen molar-refractivity contribution in [3.05, 3.63) is 69.8 Å². The molecule has 1 heterocycles.